The first-order valence-electron chi connectivity index (χ1n) is 9.10. The molecule has 1 spiro atoms. The molecule has 7 heteroatoms. The first kappa shape index (κ1) is 17.0. The predicted octanol–water partition coefficient (Wildman–Crippen LogP) is 1.43. The Hall–Kier alpha value is -2.41. The van der Waals surface area contributed by atoms with Gasteiger partial charge in [-0.05, 0) is 44.5 Å². The number of pyridine rings is 1. The standard InChI is InChI=1S/C19H25N5O2/c1-22-10-7-15(12-26-17-5-3-4-8-20-17)11-19(22)13-24(14-19)18(25)16-6-9-21-23(16)2/h3-6,8-9,15H,7,10-14H2,1-2H3/t15-/m0/s1. The summed E-state index contributed by atoms with van der Waals surface area (Å²) in [6, 6.07) is 7.50. The average Bonchev–Trinajstić information content (AvgIpc) is 3.05. The summed E-state index contributed by atoms with van der Waals surface area (Å²) in [7, 11) is 3.97. The molecule has 0 radical (unpaired) electrons. The maximum absolute atomic E-state index is 12.6. The minimum atomic E-state index is 0.0656. The van der Waals surface area contributed by atoms with Crippen molar-refractivity contribution in [3.05, 3.63) is 42.4 Å². The highest BCUT2D eigenvalue weighted by atomic mass is 16.5. The van der Waals surface area contributed by atoms with E-state index < -0.39 is 0 Å². The van der Waals surface area contributed by atoms with Gasteiger partial charge in [-0.25, -0.2) is 4.98 Å². The van der Waals surface area contributed by atoms with Crippen molar-refractivity contribution in [3.8, 4) is 5.88 Å². The maximum Gasteiger partial charge on any atom is 0.272 e. The van der Waals surface area contributed by atoms with Crippen LogP contribution in [0.25, 0.3) is 0 Å². The lowest BCUT2D eigenvalue weighted by Gasteiger charge is -2.58. The van der Waals surface area contributed by atoms with E-state index in [1.165, 1.54) is 0 Å². The van der Waals surface area contributed by atoms with E-state index in [1.54, 1.807) is 30.2 Å². The molecule has 0 unspecified atom stereocenters. The van der Waals surface area contributed by atoms with Gasteiger partial charge in [-0.3, -0.25) is 14.4 Å². The minimum absolute atomic E-state index is 0.0656. The number of ether oxygens (including phenoxy) is 1. The molecule has 0 aliphatic carbocycles. The van der Waals surface area contributed by atoms with Gasteiger partial charge in [0.1, 0.15) is 5.69 Å². The van der Waals surface area contributed by atoms with E-state index in [2.05, 4.69) is 22.0 Å². The van der Waals surface area contributed by atoms with E-state index in [-0.39, 0.29) is 11.4 Å². The summed E-state index contributed by atoms with van der Waals surface area (Å²) in [5.74, 6) is 1.24. The third-order valence-corrected chi connectivity index (χ3v) is 5.75. The molecule has 2 aliphatic rings. The Morgan fingerprint density at radius 3 is 2.81 bits per heavy atom. The molecule has 2 fully saturated rings. The van der Waals surface area contributed by atoms with E-state index in [0.29, 0.717) is 24.1 Å². The van der Waals surface area contributed by atoms with Gasteiger partial charge in [0.05, 0.1) is 12.1 Å². The van der Waals surface area contributed by atoms with Gasteiger partial charge >= 0.3 is 0 Å². The summed E-state index contributed by atoms with van der Waals surface area (Å²) in [6.45, 7) is 3.26. The Bertz CT molecular complexity index is 769. The van der Waals surface area contributed by atoms with Gasteiger partial charge in [0.2, 0.25) is 5.88 Å². The molecule has 0 bridgehead atoms. The molecule has 7 nitrogen and oxygen atoms in total. The maximum atomic E-state index is 12.6. The van der Waals surface area contributed by atoms with Crippen LogP contribution in [-0.4, -0.2) is 69.3 Å². The lowest BCUT2D eigenvalue weighted by Crippen LogP contribution is -2.72. The summed E-state index contributed by atoms with van der Waals surface area (Å²) >= 11 is 0. The molecule has 4 rings (SSSR count). The monoisotopic (exact) mass is 355 g/mol. The number of hydrogen-bond acceptors (Lipinski definition) is 5. The number of carbonyl (C=O) groups excluding carboxylic acids is 1. The SMILES string of the molecule is CN1CC[C@H](COc2ccccn2)CC12CN(C(=O)c1ccnn1C)C2. The van der Waals surface area contributed by atoms with Crippen molar-refractivity contribution in [1.29, 1.82) is 0 Å². The molecule has 138 valence electrons. The molecular weight excluding hydrogens is 330 g/mol. The highest BCUT2D eigenvalue weighted by Crippen LogP contribution is 2.38. The van der Waals surface area contributed by atoms with E-state index in [0.717, 1.165) is 32.5 Å². The lowest BCUT2D eigenvalue weighted by molar-refractivity contribution is -0.0698. The van der Waals surface area contributed by atoms with Gasteiger partial charge in [0.15, 0.2) is 0 Å². The van der Waals surface area contributed by atoms with E-state index in [1.807, 2.05) is 23.1 Å². The quantitative estimate of drug-likeness (QED) is 0.830. The van der Waals surface area contributed by atoms with Gasteiger partial charge in [-0.2, -0.15) is 5.10 Å². The summed E-state index contributed by atoms with van der Waals surface area (Å²) in [4.78, 5) is 21.2. The average molecular weight is 355 g/mol. The van der Waals surface area contributed by atoms with Crippen LogP contribution in [0.2, 0.25) is 0 Å². The molecule has 0 aromatic carbocycles. The van der Waals surface area contributed by atoms with Gasteiger partial charge in [-0.1, -0.05) is 6.07 Å². The highest BCUT2D eigenvalue weighted by Gasteiger charge is 2.51. The normalized spacial score (nSPS) is 22.2. The third kappa shape index (κ3) is 3.07. The first-order valence-corrected chi connectivity index (χ1v) is 9.10. The van der Waals surface area contributed by atoms with Crippen LogP contribution in [0.5, 0.6) is 5.88 Å². The van der Waals surface area contributed by atoms with Gasteiger partial charge in [0.25, 0.3) is 5.91 Å². The number of likely N-dealkylation sites (N-methyl/N-ethyl adjacent to an activating group) is 1. The van der Waals surface area contributed by atoms with Gasteiger partial charge in [0, 0.05) is 38.6 Å². The number of carbonyl (C=O) groups is 1. The number of likely N-dealkylation sites (tertiary alicyclic amines) is 2. The van der Waals surface area contributed by atoms with Gasteiger partial charge < -0.3 is 9.64 Å². The largest absolute Gasteiger partial charge is 0.477 e. The van der Waals surface area contributed by atoms with Crippen LogP contribution < -0.4 is 4.74 Å². The minimum Gasteiger partial charge on any atom is -0.477 e. The Labute approximate surface area is 153 Å². The molecule has 2 aromatic heterocycles. The zero-order valence-electron chi connectivity index (χ0n) is 15.3. The molecule has 2 saturated heterocycles. The predicted molar refractivity (Wildman–Crippen MR) is 96.9 cm³/mol. The summed E-state index contributed by atoms with van der Waals surface area (Å²) in [5.41, 5.74) is 0.721. The number of aromatic nitrogens is 3. The molecule has 26 heavy (non-hydrogen) atoms. The fraction of sp³-hybridized carbons (Fsp3) is 0.526. The Balaban J connectivity index is 1.36. The van der Waals surface area contributed by atoms with E-state index >= 15 is 0 Å². The number of hydrogen-bond donors (Lipinski definition) is 0. The van der Waals surface area contributed by atoms with Crippen molar-refractivity contribution in [3.63, 3.8) is 0 Å². The topological polar surface area (TPSA) is 63.5 Å². The van der Waals surface area contributed by atoms with Crippen molar-refractivity contribution in [2.75, 3.05) is 33.3 Å². The van der Waals surface area contributed by atoms with Crippen LogP contribution in [0.15, 0.2) is 36.7 Å². The first-order chi connectivity index (χ1) is 12.6. The summed E-state index contributed by atoms with van der Waals surface area (Å²) < 4.78 is 7.51. The summed E-state index contributed by atoms with van der Waals surface area (Å²) in [6.07, 6.45) is 5.58. The van der Waals surface area contributed by atoms with Crippen LogP contribution in [0.3, 0.4) is 0 Å². The van der Waals surface area contributed by atoms with Crippen molar-refractivity contribution >= 4 is 5.91 Å². The van der Waals surface area contributed by atoms with Crippen LogP contribution in [-0.2, 0) is 7.05 Å². The fourth-order valence-corrected chi connectivity index (χ4v) is 4.11. The molecule has 2 aliphatic heterocycles. The zero-order chi connectivity index (χ0) is 18.1. The molecule has 4 heterocycles. The van der Waals surface area contributed by atoms with Crippen molar-refractivity contribution in [2.24, 2.45) is 13.0 Å². The number of nitrogens with zero attached hydrogens (tertiary/aromatic N) is 5. The third-order valence-electron chi connectivity index (χ3n) is 5.75. The van der Waals surface area contributed by atoms with E-state index in [4.69, 9.17) is 4.74 Å². The highest BCUT2D eigenvalue weighted by molar-refractivity contribution is 5.93. The number of amides is 1. The van der Waals surface area contributed by atoms with Crippen LogP contribution >= 0.6 is 0 Å². The van der Waals surface area contributed by atoms with Crippen LogP contribution in [0, 0.1) is 5.92 Å². The van der Waals surface area contributed by atoms with Crippen LogP contribution in [0.4, 0.5) is 0 Å². The molecule has 1 amide bonds. The molecular formula is C19H25N5O2. The van der Waals surface area contributed by atoms with Crippen molar-refractivity contribution in [1.82, 2.24) is 24.6 Å². The molecule has 0 N–H and O–H groups in total. The second-order valence-electron chi connectivity index (χ2n) is 7.48. The molecule has 0 saturated carbocycles. The van der Waals surface area contributed by atoms with Crippen molar-refractivity contribution in [2.45, 2.75) is 18.4 Å². The lowest BCUT2D eigenvalue weighted by atomic mass is 9.75. The molecule has 2 aromatic rings. The second kappa shape index (κ2) is 6.72. The Morgan fingerprint density at radius 2 is 2.12 bits per heavy atom. The van der Waals surface area contributed by atoms with E-state index in [9.17, 15) is 4.79 Å². The second-order valence-corrected chi connectivity index (χ2v) is 7.48. The number of aryl methyl sites for hydroxylation is 1. The molecule has 1 atom stereocenters. The van der Waals surface area contributed by atoms with Crippen LogP contribution in [0.1, 0.15) is 23.3 Å². The number of piperidine rings is 1. The summed E-state index contributed by atoms with van der Waals surface area (Å²) in [5, 5.41) is 4.10. The van der Waals surface area contributed by atoms with Gasteiger partial charge in [-0.15, -0.1) is 0 Å². The zero-order valence-corrected chi connectivity index (χ0v) is 15.3. The Morgan fingerprint density at radius 1 is 1.27 bits per heavy atom. The Kier molecular flexibility index (Phi) is 4.40. The number of rotatable bonds is 4. The van der Waals surface area contributed by atoms with Crippen molar-refractivity contribution < 1.29 is 9.53 Å². The smallest absolute Gasteiger partial charge is 0.272 e. The fourth-order valence-electron chi connectivity index (χ4n) is 4.11.